The van der Waals surface area contributed by atoms with Gasteiger partial charge in [-0.05, 0) is 46.0 Å². The monoisotopic (exact) mass is 421 g/mol. The molecule has 0 radical (unpaired) electrons. The minimum Gasteiger partial charge on any atom is -0.508 e. The van der Waals surface area contributed by atoms with E-state index in [1.807, 2.05) is 48.5 Å². The van der Waals surface area contributed by atoms with Gasteiger partial charge in [-0.25, -0.2) is 14.0 Å². The number of carboxylic acids is 1. The van der Waals surface area contributed by atoms with Gasteiger partial charge in [-0.3, -0.25) is 0 Å². The van der Waals surface area contributed by atoms with Crippen LogP contribution in [0, 0.1) is 5.82 Å². The number of carboxylic acid groups (broad SMARTS) is 1. The molecule has 3 aromatic rings. The number of alkyl carbamates (subject to hydrolysis) is 1. The van der Waals surface area contributed by atoms with Gasteiger partial charge in [-0.1, -0.05) is 48.5 Å². The van der Waals surface area contributed by atoms with Crippen molar-refractivity contribution in [2.24, 2.45) is 0 Å². The lowest BCUT2D eigenvalue weighted by Gasteiger charge is -2.18. The lowest BCUT2D eigenvalue weighted by molar-refractivity contribution is -0.139. The molecule has 1 atom stereocenters. The molecule has 0 saturated heterocycles. The first-order chi connectivity index (χ1) is 14.9. The maximum absolute atomic E-state index is 13.9. The fourth-order valence-electron chi connectivity index (χ4n) is 3.92. The number of phenolic OH excluding ortho intramolecular Hbond substituents is 1. The smallest absolute Gasteiger partial charge is 0.407 e. The minimum atomic E-state index is -1.41. The summed E-state index contributed by atoms with van der Waals surface area (Å²) < 4.78 is 19.3. The Kier molecular flexibility index (Phi) is 5.58. The number of hydrogen-bond donors (Lipinski definition) is 3. The van der Waals surface area contributed by atoms with Crippen LogP contribution in [0.15, 0.2) is 66.7 Å². The molecular weight excluding hydrogens is 401 g/mol. The van der Waals surface area contributed by atoms with Crippen molar-refractivity contribution < 1.29 is 28.9 Å². The summed E-state index contributed by atoms with van der Waals surface area (Å²) in [5.41, 5.74) is 4.21. The highest BCUT2D eigenvalue weighted by Crippen LogP contribution is 2.44. The van der Waals surface area contributed by atoms with Gasteiger partial charge in [0.1, 0.15) is 24.2 Å². The van der Waals surface area contributed by atoms with E-state index in [4.69, 9.17) is 4.74 Å². The fraction of sp³-hybridized carbons (Fsp3) is 0.167. The first-order valence-corrected chi connectivity index (χ1v) is 9.75. The number of amides is 1. The van der Waals surface area contributed by atoms with Gasteiger partial charge < -0.3 is 20.3 Å². The Morgan fingerprint density at radius 1 is 1.00 bits per heavy atom. The van der Waals surface area contributed by atoms with Crippen molar-refractivity contribution in [3.05, 3.63) is 89.2 Å². The number of hydrogen-bond acceptors (Lipinski definition) is 4. The number of nitrogens with one attached hydrogen (secondary N) is 1. The number of aliphatic carboxylic acids is 1. The normalized spacial score (nSPS) is 13.2. The zero-order chi connectivity index (χ0) is 22.0. The minimum absolute atomic E-state index is 0.0219. The second kappa shape index (κ2) is 8.47. The number of halogens is 1. The number of benzene rings is 3. The predicted molar refractivity (Wildman–Crippen MR) is 111 cm³/mol. The lowest BCUT2D eigenvalue weighted by atomic mass is 9.98. The third-order valence-electron chi connectivity index (χ3n) is 5.39. The molecule has 0 unspecified atom stereocenters. The van der Waals surface area contributed by atoms with Crippen molar-refractivity contribution in [3.63, 3.8) is 0 Å². The fourth-order valence-corrected chi connectivity index (χ4v) is 3.92. The Hall–Kier alpha value is -3.87. The predicted octanol–water partition coefficient (Wildman–Crippen LogP) is 4.07. The van der Waals surface area contributed by atoms with E-state index in [1.54, 1.807) is 0 Å². The van der Waals surface area contributed by atoms with Gasteiger partial charge in [0.05, 0.1) is 0 Å². The zero-order valence-electron chi connectivity index (χ0n) is 16.4. The van der Waals surface area contributed by atoms with Crippen LogP contribution < -0.4 is 5.32 Å². The molecule has 0 bridgehead atoms. The van der Waals surface area contributed by atoms with E-state index in [0.717, 1.165) is 40.5 Å². The Morgan fingerprint density at radius 3 is 2.23 bits per heavy atom. The van der Waals surface area contributed by atoms with E-state index in [9.17, 15) is 24.2 Å². The van der Waals surface area contributed by atoms with Crippen LogP contribution >= 0.6 is 0 Å². The molecule has 1 aliphatic carbocycles. The molecule has 3 N–H and O–H groups in total. The summed E-state index contributed by atoms with van der Waals surface area (Å²) in [4.78, 5) is 23.9. The van der Waals surface area contributed by atoms with E-state index in [0.29, 0.717) is 0 Å². The van der Waals surface area contributed by atoms with E-state index < -0.39 is 23.9 Å². The maximum atomic E-state index is 13.9. The second-order valence-corrected chi connectivity index (χ2v) is 7.34. The van der Waals surface area contributed by atoms with Gasteiger partial charge in [-0.15, -0.1) is 0 Å². The zero-order valence-corrected chi connectivity index (χ0v) is 16.4. The Bertz CT molecular complexity index is 1100. The molecule has 4 rings (SSSR count). The molecule has 0 aromatic heterocycles. The van der Waals surface area contributed by atoms with Crippen molar-refractivity contribution >= 4 is 12.1 Å². The molecule has 158 valence electrons. The molecule has 0 aliphatic heterocycles. The number of rotatable bonds is 6. The Labute approximate surface area is 177 Å². The average molecular weight is 421 g/mol. The van der Waals surface area contributed by atoms with E-state index >= 15 is 0 Å². The maximum Gasteiger partial charge on any atom is 0.407 e. The highest BCUT2D eigenvalue weighted by molar-refractivity contribution is 5.81. The number of aromatic hydroxyl groups is 1. The number of carbonyl (C=O) groups is 2. The van der Waals surface area contributed by atoms with Gasteiger partial charge in [0.2, 0.25) is 0 Å². The van der Waals surface area contributed by atoms with Crippen LogP contribution in [0.25, 0.3) is 11.1 Å². The van der Waals surface area contributed by atoms with E-state index in [1.165, 1.54) is 0 Å². The molecule has 31 heavy (non-hydrogen) atoms. The van der Waals surface area contributed by atoms with Crippen molar-refractivity contribution in [2.75, 3.05) is 6.61 Å². The average Bonchev–Trinajstić information content (AvgIpc) is 3.08. The standard InChI is InChI=1S/C24H20FNO5/c25-21-10-9-15(27)11-14(21)12-22(23(28)29)26-24(30)31-13-20-18-7-3-1-5-16(18)17-6-2-4-8-19(17)20/h1-11,20,22,27H,12-13H2,(H,26,30)(H,28,29)/t22-/m0/s1. The Morgan fingerprint density at radius 2 is 1.61 bits per heavy atom. The van der Waals surface area contributed by atoms with Gasteiger partial charge >= 0.3 is 12.1 Å². The van der Waals surface area contributed by atoms with Crippen molar-refractivity contribution in [3.8, 4) is 16.9 Å². The number of ether oxygens (including phenoxy) is 1. The summed E-state index contributed by atoms with van der Waals surface area (Å²) in [5.74, 6) is -2.36. The van der Waals surface area contributed by atoms with Gasteiger partial charge in [0, 0.05) is 12.3 Å². The van der Waals surface area contributed by atoms with Crippen molar-refractivity contribution in [1.29, 1.82) is 0 Å². The van der Waals surface area contributed by atoms with Crippen LogP contribution in [-0.4, -0.2) is 34.9 Å². The van der Waals surface area contributed by atoms with Crippen LogP contribution in [0.2, 0.25) is 0 Å². The lowest BCUT2D eigenvalue weighted by Crippen LogP contribution is -2.43. The highest BCUT2D eigenvalue weighted by Gasteiger charge is 2.30. The third kappa shape index (κ3) is 4.21. The largest absolute Gasteiger partial charge is 0.508 e. The summed E-state index contributed by atoms with van der Waals surface area (Å²) in [7, 11) is 0. The van der Waals surface area contributed by atoms with Crippen LogP contribution in [0.5, 0.6) is 5.75 Å². The molecule has 0 spiro atoms. The summed E-state index contributed by atoms with van der Waals surface area (Å²) in [6, 6.07) is 17.6. The number of phenols is 1. The topological polar surface area (TPSA) is 95.9 Å². The number of fused-ring (bicyclic) bond motifs is 3. The van der Waals surface area contributed by atoms with Crippen LogP contribution in [0.3, 0.4) is 0 Å². The van der Waals surface area contributed by atoms with Gasteiger partial charge in [0.15, 0.2) is 0 Å². The summed E-state index contributed by atoms with van der Waals surface area (Å²) in [6.07, 6.45) is -1.24. The SMILES string of the molecule is O=C(N[C@@H](Cc1cc(O)ccc1F)C(=O)O)OCC1c2ccccc2-c2ccccc21. The molecule has 1 aliphatic rings. The van der Waals surface area contributed by atoms with Gasteiger partial charge in [0.25, 0.3) is 0 Å². The molecule has 3 aromatic carbocycles. The quantitative estimate of drug-likeness (QED) is 0.558. The molecule has 1 amide bonds. The van der Waals surface area contributed by atoms with Crippen LogP contribution in [-0.2, 0) is 16.0 Å². The first-order valence-electron chi connectivity index (χ1n) is 9.75. The van der Waals surface area contributed by atoms with Crippen molar-refractivity contribution in [2.45, 2.75) is 18.4 Å². The number of carbonyl (C=O) groups excluding carboxylic acids is 1. The molecule has 0 heterocycles. The third-order valence-corrected chi connectivity index (χ3v) is 5.39. The Balaban J connectivity index is 1.45. The molecular formula is C24H20FNO5. The van der Waals surface area contributed by atoms with E-state index in [-0.39, 0.29) is 30.3 Å². The van der Waals surface area contributed by atoms with Crippen molar-refractivity contribution in [1.82, 2.24) is 5.32 Å². The molecule has 7 heteroatoms. The molecule has 0 saturated carbocycles. The summed E-state index contributed by atoms with van der Waals surface area (Å²) in [6.45, 7) is 0.0344. The van der Waals surface area contributed by atoms with Crippen LogP contribution in [0.1, 0.15) is 22.6 Å². The van der Waals surface area contributed by atoms with Crippen LogP contribution in [0.4, 0.5) is 9.18 Å². The highest BCUT2D eigenvalue weighted by atomic mass is 19.1. The van der Waals surface area contributed by atoms with Gasteiger partial charge in [-0.2, -0.15) is 0 Å². The first kappa shape index (κ1) is 20.4. The summed E-state index contributed by atoms with van der Waals surface area (Å²) in [5, 5.41) is 21.2. The molecule has 6 nitrogen and oxygen atoms in total. The molecule has 0 fully saturated rings. The second-order valence-electron chi connectivity index (χ2n) is 7.34. The van der Waals surface area contributed by atoms with E-state index in [2.05, 4.69) is 5.32 Å². The summed E-state index contributed by atoms with van der Waals surface area (Å²) >= 11 is 0.